The van der Waals surface area contributed by atoms with E-state index in [1.165, 1.54) is 6.07 Å². The largest absolute Gasteiger partial charge is 0.507 e. The van der Waals surface area contributed by atoms with Crippen molar-refractivity contribution in [3.8, 4) is 5.75 Å². The van der Waals surface area contributed by atoms with Gasteiger partial charge in [-0.1, -0.05) is 6.07 Å². The van der Waals surface area contributed by atoms with Gasteiger partial charge in [-0.3, -0.25) is 0 Å². The van der Waals surface area contributed by atoms with Gasteiger partial charge in [-0.15, -0.1) is 0 Å². The zero-order valence-corrected chi connectivity index (χ0v) is 7.38. The fraction of sp³-hybridized carbons (Fsp3) is 0.250. The Hall–Kier alpha value is -1.21. The minimum atomic E-state index is -4.70. The maximum absolute atomic E-state index is 12.6. The second-order valence-electron chi connectivity index (χ2n) is 3.19. The Balaban J connectivity index is 2.68. The maximum atomic E-state index is 12.6. The normalized spacial score (nSPS) is 15.6. The van der Waals surface area contributed by atoms with Crippen LogP contribution in [0.15, 0.2) is 12.1 Å². The number of rotatable bonds is 0. The molecule has 0 amide bonds. The highest BCUT2D eigenvalue weighted by molar-refractivity contribution is 6.62. The van der Waals surface area contributed by atoms with E-state index < -0.39 is 24.6 Å². The van der Waals surface area contributed by atoms with Crippen molar-refractivity contribution in [3.05, 3.63) is 23.3 Å². The average molecular weight is 218 g/mol. The lowest BCUT2D eigenvalue weighted by atomic mass is 9.75. The number of phenols is 1. The predicted molar refractivity (Wildman–Crippen MR) is 45.5 cm³/mol. The predicted octanol–water partition coefficient (Wildman–Crippen LogP) is 0.629. The summed E-state index contributed by atoms with van der Waals surface area (Å²) in [6, 6.07) is 2.25. The first-order valence-corrected chi connectivity index (χ1v) is 4.13. The maximum Gasteiger partial charge on any atom is 0.492 e. The van der Waals surface area contributed by atoms with Crippen LogP contribution in [0.3, 0.4) is 0 Å². The lowest BCUT2D eigenvalue weighted by molar-refractivity contribution is -0.138. The van der Waals surface area contributed by atoms with Crippen molar-refractivity contribution in [3.63, 3.8) is 0 Å². The van der Waals surface area contributed by atoms with Gasteiger partial charge in [0.2, 0.25) is 0 Å². The van der Waals surface area contributed by atoms with Gasteiger partial charge in [-0.2, -0.15) is 13.2 Å². The van der Waals surface area contributed by atoms with Gasteiger partial charge in [-0.25, -0.2) is 0 Å². The second-order valence-corrected chi connectivity index (χ2v) is 3.19. The van der Waals surface area contributed by atoms with Crippen molar-refractivity contribution >= 4 is 12.6 Å². The van der Waals surface area contributed by atoms with E-state index in [2.05, 4.69) is 4.65 Å². The molecule has 2 rings (SSSR count). The second kappa shape index (κ2) is 3.14. The number of phenolic OH excluding ortho intramolecular Hbond substituents is 1. The fourth-order valence-electron chi connectivity index (χ4n) is 1.61. The van der Waals surface area contributed by atoms with E-state index in [9.17, 15) is 18.2 Å². The van der Waals surface area contributed by atoms with E-state index in [4.69, 9.17) is 5.11 Å². The Labute approximate surface area is 83.2 Å². The van der Waals surface area contributed by atoms with Crippen LogP contribution in [-0.2, 0) is 17.4 Å². The summed E-state index contributed by atoms with van der Waals surface area (Å²) < 4.78 is 42.3. The summed E-state index contributed by atoms with van der Waals surface area (Å²) >= 11 is 0. The van der Waals surface area contributed by atoms with Crippen LogP contribution in [0.4, 0.5) is 13.2 Å². The standard InChI is InChI=1S/C8H6BF3O3/c10-8(11,12)6-5(13)2-1-4-3-15-9(14)7(4)6/h1-2,13-14H,3H2. The molecule has 0 atom stereocenters. The number of alkyl halides is 3. The van der Waals surface area contributed by atoms with E-state index in [0.717, 1.165) is 6.07 Å². The molecule has 1 aromatic carbocycles. The van der Waals surface area contributed by atoms with E-state index >= 15 is 0 Å². The monoisotopic (exact) mass is 218 g/mol. The molecule has 1 aliphatic rings. The molecule has 1 aromatic rings. The Morgan fingerprint density at radius 3 is 2.60 bits per heavy atom. The first-order valence-electron chi connectivity index (χ1n) is 4.13. The topological polar surface area (TPSA) is 49.7 Å². The molecule has 0 saturated heterocycles. The molecule has 7 heteroatoms. The lowest BCUT2D eigenvalue weighted by Crippen LogP contribution is -2.34. The fourth-order valence-corrected chi connectivity index (χ4v) is 1.61. The molecule has 1 heterocycles. The van der Waals surface area contributed by atoms with Gasteiger partial charge in [0, 0.05) is 5.46 Å². The summed E-state index contributed by atoms with van der Waals surface area (Å²) in [4.78, 5) is 0. The number of aromatic hydroxyl groups is 1. The molecular formula is C8H6BF3O3. The van der Waals surface area contributed by atoms with Crippen molar-refractivity contribution in [2.75, 3.05) is 0 Å². The molecule has 1 aliphatic heterocycles. The summed E-state index contributed by atoms with van der Waals surface area (Å²) in [6.45, 7) is -0.0835. The van der Waals surface area contributed by atoms with Gasteiger partial charge < -0.3 is 14.8 Å². The third-order valence-electron chi connectivity index (χ3n) is 2.24. The Kier molecular flexibility index (Phi) is 2.16. The molecule has 0 spiro atoms. The van der Waals surface area contributed by atoms with Gasteiger partial charge in [-0.05, 0) is 11.6 Å². The Bertz CT molecular complexity index is 405. The third kappa shape index (κ3) is 1.57. The van der Waals surface area contributed by atoms with E-state index in [1.54, 1.807) is 0 Å². The average Bonchev–Trinajstić information content (AvgIpc) is 2.46. The van der Waals surface area contributed by atoms with E-state index in [1.807, 2.05) is 0 Å². The van der Waals surface area contributed by atoms with E-state index in [0.29, 0.717) is 0 Å². The van der Waals surface area contributed by atoms with Gasteiger partial charge >= 0.3 is 13.3 Å². The molecule has 0 unspecified atom stereocenters. The third-order valence-corrected chi connectivity index (χ3v) is 2.24. The van der Waals surface area contributed by atoms with Crippen molar-refractivity contribution < 1.29 is 28.0 Å². The minimum Gasteiger partial charge on any atom is -0.507 e. The number of fused-ring (bicyclic) bond motifs is 1. The van der Waals surface area contributed by atoms with Crippen molar-refractivity contribution in [2.24, 2.45) is 0 Å². The molecule has 0 radical (unpaired) electrons. The lowest BCUT2D eigenvalue weighted by Gasteiger charge is -2.13. The highest BCUT2D eigenvalue weighted by atomic mass is 19.4. The molecule has 15 heavy (non-hydrogen) atoms. The summed E-state index contributed by atoms with van der Waals surface area (Å²) in [6.07, 6.45) is -4.70. The highest BCUT2D eigenvalue weighted by Gasteiger charge is 2.43. The van der Waals surface area contributed by atoms with Crippen LogP contribution < -0.4 is 5.46 Å². The number of hydrogen-bond acceptors (Lipinski definition) is 3. The van der Waals surface area contributed by atoms with Gasteiger partial charge in [0.25, 0.3) is 0 Å². The van der Waals surface area contributed by atoms with Crippen molar-refractivity contribution in [2.45, 2.75) is 12.8 Å². The van der Waals surface area contributed by atoms with Crippen molar-refractivity contribution in [1.29, 1.82) is 0 Å². The molecule has 2 N–H and O–H groups in total. The highest BCUT2D eigenvalue weighted by Crippen LogP contribution is 2.36. The van der Waals surface area contributed by atoms with Crippen LogP contribution >= 0.6 is 0 Å². The van der Waals surface area contributed by atoms with E-state index in [-0.39, 0.29) is 17.6 Å². The quantitative estimate of drug-likeness (QED) is 0.627. The Morgan fingerprint density at radius 1 is 1.33 bits per heavy atom. The summed E-state index contributed by atoms with van der Waals surface area (Å²) in [5.74, 6) is -0.897. The summed E-state index contributed by atoms with van der Waals surface area (Å²) in [5, 5.41) is 18.4. The van der Waals surface area contributed by atoms with Gasteiger partial charge in [0.1, 0.15) is 5.75 Å². The molecule has 0 aliphatic carbocycles. The Morgan fingerprint density at radius 2 is 2.00 bits per heavy atom. The molecule has 0 aromatic heterocycles. The number of halogens is 3. The smallest absolute Gasteiger partial charge is 0.492 e. The zero-order chi connectivity index (χ0) is 11.2. The van der Waals surface area contributed by atoms with Crippen molar-refractivity contribution in [1.82, 2.24) is 0 Å². The van der Waals surface area contributed by atoms with Crippen LogP contribution in [0.25, 0.3) is 0 Å². The van der Waals surface area contributed by atoms with Crippen LogP contribution in [-0.4, -0.2) is 17.2 Å². The van der Waals surface area contributed by atoms with Crippen LogP contribution in [0.1, 0.15) is 11.1 Å². The van der Waals surface area contributed by atoms with Crippen LogP contribution in [0, 0.1) is 0 Å². The molecule has 0 saturated carbocycles. The van der Waals surface area contributed by atoms with Crippen LogP contribution in [0.2, 0.25) is 0 Å². The molecule has 0 bridgehead atoms. The minimum absolute atomic E-state index is 0.0835. The number of benzene rings is 1. The SMILES string of the molecule is OB1OCc2ccc(O)c(C(F)(F)F)c21. The molecule has 80 valence electrons. The number of hydrogen-bond donors (Lipinski definition) is 2. The van der Waals surface area contributed by atoms with Gasteiger partial charge in [0.15, 0.2) is 0 Å². The first-order chi connectivity index (χ1) is 6.91. The van der Waals surface area contributed by atoms with Crippen LogP contribution in [0.5, 0.6) is 5.75 Å². The molecule has 0 fully saturated rings. The van der Waals surface area contributed by atoms with Gasteiger partial charge in [0.05, 0.1) is 12.2 Å². The first kappa shape index (κ1) is 10.3. The summed E-state index contributed by atoms with van der Waals surface area (Å²) in [7, 11) is -1.62. The summed E-state index contributed by atoms with van der Waals surface area (Å²) in [5.41, 5.74) is -1.36. The molecular weight excluding hydrogens is 212 g/mol. The molecule has 3 nitrogen and oxygen atoms in total. The zero-order valence-electron chi connectivity index (χ0n) is 7.38.